The molecular formula is C15H25NO5. The Bertz CT molecular complexity index is 382. The van der Waals surface area contributed by atoms with Gasteiger partial charge in [0.15, 0.2) is 0 Å². The topological polar surface area (TPSA) is 68.2 Å². The van der Waals surface area contributed by atoms with Gasteiger partial charge in [-0.15, -0.1) is 0 Å². The standard InChI is InChI=1S/C15H25NO5/c1-2-16(13-9-20-8-12(13)14(17)18)11-3-5-21-15(7-11)4-6-19-10-15/h11-13H,2-10H2,1H3,(H,17,18). The van der Waals surface area contributed by atoms with Crippen LogP contribution in [0.5, 0.6) is 0 Å². The van der Waals surface area contributed by atoms with Crippen molar-refractivity contribution in [3.63, 3.8) is 0 Å². The van der Waals surface area contributed by atoms with Gasteiger partial charge < -0.3 is 19.3 Å². The smallest absolute Gasteiger partial charge is 0.310 e. The van der Waals surface area contributed by atoms with E-state index in [1.54, 1.807) is 0 Å². The first-order valence-electron chi connectivity index (χ1n) is 7.93. The number of carboxylic acids is 1. The molecular weight excluding hydrogens is 274 g/mol. The Morgan fingerprint density at radius 1 is 1.33 bits per heavy atom. The molecule has 0 amide bonds. The highest BCUT2D eigenvalue weighted by atomic mass is 16.6. The summed E-state index contributed by atoms with van der Waals surface area (Å²) in [5.74, 6) is -1.16. The van der Waals surface area contributed by atoms with Gasteiger partial charge in [0.2, 0.25) is 0 Å². The number of likely N-dealkylation sites (N-methyl/N-ethyl adjacent to an activating group) is 1. The molecule has 6 heteroatoms. The van der Waals surface area contributed by atoms with E-state index in [1.165, 1.54) is 0 Å². The first kappa shape index (κ1) is 15.2. The van der Waals surface area contributed by atoms with Crippen molar-refractivity contribution in [1.29, 1.82) is 0 Å². The predicted octanol–water partition coefficient (Wildman–Crippen LogP) is 0.746. The molecule has 21 heavy (non-hydrogen) atoms. The van der Waals surface area contributed by atoms with Gasteiger partial charge in [-0.05, 0) is 19.4 Å². The van der Waals surface area contributed by atoms with Gasteiger partial charge in [-0.3, -0.25) is 9.69 Å². The van der Waals surface area contributed by atoms with Crippen molar-refractivity contribution >= 4 is 5.97 Å². The largest absolute Gasteiger partial charge is 0.481 e. The van der Waals surface area contributed by atoms with Crippen LogP contribution in [0.3, 0.4) is 0 Å². The average molecular weight is 299 g/mol. The first-order chi connectivity index (χ1) is 10.2. The summed E-state index contributed by atoms with van der Waals surface area (Å²) >= 11 is 0. The third-order valence-electron chi connectivity index (χ3n) is 5.16. The van der Waals surface area contributed by atoms with Crippen molar-refractivity contribution in [3.8, 4) is 0 Å². The minimum atomic E-state index is -0.748. The van der Waals surface area contributed by atoms with E-state index in [0.29, 0.717) is 25.9 Å². The van der Waals surface area contributed by atoms with Crippen LogP contribution in [0.15, 0.2) is 0 Å². The summed E-state index contributed by atoms with van der Waals surface area (Å²) in [4.78, 5) is 13.7. The summed E-state index contributed by atoms with van der Waals surface area (Å²) in [5.41, 5.74) is -0.144. The Morgan fingerprint density at radius 3 is 2.86 bits per heavy atom. The fourth-order valence-corrected chi connectivity index (χ4v) is 4.02. The Kier molecular flexibility index (Phi) is 4.49. The van der Waals surface area contributed by atoms with Crippen LogP contribution in [0.1, 0.15) is 26.2 Å². The van der Waals surface area contributed by atoms with Crippen LogP contribution in [0.25, 0.3) is 0 Å². The molecule has 0 aliphatic carbocycles. The van der Waals surface area contributed by atoms with Crippen molar-refractivity contribution in [2.75, 3.05) is 39.6 Å². The number of carboxylic acid groups (broad SMARTS) is 1. The van der Waals surface area contributed by atoms with Crippen LogP contribution >= 0.6 is 0 Å². The normalized spacial score (nSPS) is 40.2. The third-order valence-corrected chi connectivity index (χ3v) is 5.16. The zero-order chi connectivity index (χ0) is 14.9. The van der Waals surface area contributed by atoms with Gasteiger partial charge >= 0.3 is 5.97 Å². The van der Waals surface area contributed by atoms with E-state index in [1.807, 2.05) is 0 Å². The summed E-state index contributed by atoms with van der Waals surface area (Å²) in [6, 6.07) is 0.342. The fraction of sp³-hybridized carbons (Fsp3) is 0.933. The second kappa shape index (κ2) is 6.20. The molecule has 3 aliphatic heterocycles. The lowest BCUT2D eigenvalue weighted by atomic mass is 9.87. The van der Waals surface area contributed by atoms with Gasteiger partial charge in [0.1, 0.15) is 0 Å². The number of carbonyl (C=O) groups is 1. The molecule has 0 saturated carbocycles. The molecule has 0 bridgehead atoms. The molecule has 0 radical (unpaired) electrons. The third kappa shape index (κ3) is 2.95. The number of hydrogen-bond donors (Lipinski definition) is 1. The van der Waals surface area contributed by atoms with Crippen LogP contribution in [0.2, 0.25) is 0 Å². The van der Waals surface area contributed by atoms with Crippen molar-refractivity contribution < 1.29 is 24.1 Å². The highest BCUT2D eigenvalue weighted by molar-refractivity contribution is 5.71. The fourth-order valence-electron chi connectivity index (χ4n) is 4.02. The molecule has 3 saturated heterocycles. The van der Waals surface area contributed by atoms with Gasteiger partial charge in [0, 0.05) is 31.7 Å². The van der Waals surface area contributed by atoms with E-state index in [9.17, 15) is 9.90 Å². The molecule has 1 spiro atoms. The summed E-state index contributed by atoms with van der Waals surface area (Å²) in [7, 11) is 0. The summed E-state index contributed by atoms with van der Waals surface area (Å²) in [5, 5.41) is 9.38. The van der Waals surface area contributed by atoms with Crippen LogP contribution in [-0.2, 0) is 19.0 Å². The van der Waals surface area contributed by atoms with Crippen molar-refractivity contribution in [1.82, 2.24) is 4.90 Å². The van der Waals surface area contributed by atoms with Gasteiger partial charge in [-0.2, -0.15) is 0 Å². The molecule has 6 nitrogen and oxygen atoms in total. The van der Waals surface area contributed by atoms with Crippen molar-refractivity contribution in [3.05, 3.63) is 0 Å². The molecule has 3 heterocycles. The molecule has 4 unspecified atom stereocenters. The molecule has 3 aliphatic rings. The van der Waals surface area contributed by atoms with Crippen molar-refractivity contribution in [2.45, 2.75) is 43.9 Å². The number of hydrogen-bond acceptors (Lipinski definition) is 5. The van der Waals surface area contributed by atoms with E-state index in [2.05, 4.69) is 11.8 Å². The van der Waals surface area contributed by atoms with Crippen LogP contribution in [0.4, 0.5) is 0 Å². The maximum absolute atomic E-state index is 11.4. The molecule has 3 rings (SSSR count). The minimum Gasteiger partial charge on any atom is -0.481 e. The monoisotopic (exact) mass is 299 g/mol. The number of rotatable bonds is 4. The molecule has 0 aromatic heterocycles. The minimum absolute atomic E-state index is 0.0185. The quantitative estimate of drug-likeness (QED) is 0.826. The Hall–Kier alpha value is -0.690. The van der Waals surface area contributed by atoms with Crippen LogP contribution < -0.4 is 0 Å². The zero-order valence-electron chi connectivity index (χ0n) is 12.6. The van der Waals surface area contributed by atoms with E-state index in [-0.39, 0.29) is 11.6 Å². The van der Waals surface area contributed by atoms with Crippen molar-refractivity contribution in [2.24, 2.45) is 5.92 Å². The highest BCUT2D eigenvalue weighted by Gasteiger charge is 2.46. The van der Waals surface area contributed by atoms with Gasteiger partial charge in [0.25, 0.3) is 0 Å². The van der Waals surface area contributed by atoms with Gasteiger partial charge in [-0.25, -0.2) is 0 Å². The average Bonchev–Trinajstić information content (AvgIpc) is 3.10. The Balaban J connectivity index is 1.71. The van der Waals surface area contributed by atoms with Crippen LogP contribution in [0, 0.1) is 5.92 Å². The summed E-state index contributed by atoms with van der Waals surface area (Å²) in [6.07, 6.45) is 2.84. The zero-order valence-corrected chi connectivity index (χ0v) is 12.6. The molecule has 4 atom stereocenters. The highest BCUT2D eigenvalue weighted by Crippen LogP contribution is 2.36. The number of nitrogens with zero attached hydrogens (tertiary/aromatic N) is 1. The second-order valence-corrected chi connectivity index (χ2v) is 6.36. The molecule has 0 aromatic carbocycles. The number of ether oxygens (including phenoxy) is 3. The van der Waals surface area contributed by atoms with Gasteiger partial charge in [-0.1, -0.05) is 6.92 Å². The molecule has 0 aromatic rings. The summed E-state index contributed by atoms with van der Waals surface area (Å²) < 4.78 is 17.0. The number of aliphatic carboxylic acids is 1. The van der Waals surface area contributed by atoms with E-state index < -0.39 is 11.9 Å². The van der Waals surface area contributed by atoms with Crippen LogP contribution in [-0.4, -0.2) is 73.2 Å². The second-order valence-electron chi connectivity index (χ2n) is 6.36. The first-order valence-corrected chi connectivity index (χ1v) is 7.93. The lowest BCUT2D eigenvalue weighted by Gasteiger charge is -2.44. The van der Waals surface area contributed by atoms with Gasteiger partial charge in [0.05, 0.1) is 31.3 Å². The van der Waals surface area contributed by atoms with E-state index >= 15 is 0 Å². The van der Waals surface area contributed by atoms with E-state index in [4.69, 9.17) is 14.2 Å². The predicted molar refractivity (Wildman–Crippen MR) is 75.3 cm³/mol. The SMILES string of the molecule is CCN(C1CCOC2(CCOC2)C1)C1COCC1C(=O)O. The Morgan fingerprint density at radius 2 is 2.19 bits per heavy atom. The maximum Gasteiger partial charge on any atom is 0.310 e. The lowest BCUT2D eigenvalue weighted by molar-refractivity contribution is -0.145. The summed E-state index contributed by atoms with van der Waals surface area (Å²) in [6.45, 7) is 5.97. The maximum atomic E-state index is 11.4. The van der Waals surface area contributed by atoms with E-state index in [0.717, 1.165) is 39.0 Å². The lowest BCUT2D eigenvalue weighted by Crippen LogP contribution is -2.54. The molecule has 1 N–H and O–H groups in total. The molecule has 3 fully saturated rings. The Labute approximate surface area is 125 Å². The molecule has 120 valence electrons.